The summed E-state index contributed by atoms with van der Waals surface area (Å²) in [6, 6.07) is 3.30. The molecule has 1 aromatic carbocycles. The van der Waals surface area contributed by atoms with E-state index in [9.17, 15) is 8.42 Å². The van der Waals surface area contributed by atoms with Gasteiger partial charge in [-0.2, -0.15) is 4.31 Å². The Kier molecular flexibility index (Phi) is 5.15. The van der Waals surface area contributed by atoms with Crippen LogP contribution >= 0.6 is 31.9 Å². The molecule has 1 rings (SSSR count). The van der Waals surface area contributed by atoms with Gasteiger partial charge in [0.25, 0.3) is 0 Å². The minimum Gasteiger partial charge on any atom is -0.395 e. The van der Waals surface area contributed by atoms with Crippen LogP contribution in [0.4, 0.5) is 0 Å². The highest BCUT2D eigenvalue weighted by molar-refractivity contribution is 9.11. The fraction of sp³-hybridized carbons (Fsp3) is 0.400. The molecule has 4 nitrogen and oxygen atoms in total. The molecule has 0 radical (unpaired) electrons. The summed E-state index contributed by atoms with van der Waals surface area (Å²) in [5, 5.41) is 8.79. The Morgan fingerprint density at radius 3 is 2.41 bits per heavy atom. The van der Waals surface area contributed by atoms with Gasteiger partial charge in [-0.1, -0.05) is 15.9 Å². The van der Waals surface area contributed by atoms with E-state index in [1.54, 1.807) is 12.1 Å². The van der Waals surface area contributed by atoms with E-state index in [0.717, 1.165) is 14.3 Å². The molecule has 0 saturated heterocycles. The van der Waals surface area contributed by atoms with Gasteiger partial charge in [0.15, 0.2) is 0 Å². The topological polar surface area (TPSA) is 57.6 Å². The molecule has 0 heterocycles. The van der Waals surface area contributed by atoms with E-state index in [1.807, 2.05) is 6.92 Å². The fourth-order valence-electron chi connectivity index (χ4n) is 1.25. The van der Waals surface area contributed by atoms with Crippen LogP contribution in [0.2, 0.25) is 0 Å². The van der Waals surface area contributed by atoms with Crippen molar-refractivity contribution >= 4 is 41.9 Å². The Bertz CT molecular complexity index is 517. The number of rotatable bonds is 4. The van der Waals surface area contributed by atoms with E-state index >= 15 is 0 Å². The van der Waals surface area contributed by atoms with Crippen molar-refractivity contribution in [2.45, 2.75) is 11.8 Å². The molecule has 0 atom stereocenters. The number of halogens is 2. The van der Waals surface area contributed by atoms with E-state index < -0.39 is 10.0 Å². The van der Waals surface area contributed by atoms with Gasteiger partial charge in [0, 0.05) is 22.5 Å². The number of sulfonamides is 1. The second kappa shape index (κ2) is 5.79. The molecule has 0 aliphatic heterocycles. The molecule has 1 N–H and O–H groups in total. The average molecular weight is 387 g/mol. The lowest BCUT2D eigenvalue weighted by atomic mass is 10.2. The molecule has 0 aliphatic carbocycles. The smallest absolute Gasteiger partial charge is 0.244 e. The highest BCUT2D eigenvalue weighted by Gasteiger charge is 2.23. The van der Waals surface area contributed by atoms with Gasteiger partial charge in [0.05, 0.1) is 11.5 Å². The minimum absolute atomic E-state index is 0.0697. The highest BCUT2D eigenvalue weighted by atomic mass is 79.9. The Morgan fingerprint density at radius 1 is 1.29 bits per heavy atom. The van der Waals surface area contributed by atoms with Gasteiger partial charge in [-0.3, -0.25) is 0 Å². The number of likely N-dealkylation sites (N-methyl/N-ethyl adjacent to an activating group) is 1. The zero-order valence-corrected chi connectivity index (χ0v) is 13.4. The van der Waals surface area contributed by atoms with Gasteiger partial charge < -0.3 is 5.11 Å². The zero-order chi connectivity index (χ0) is 13.2. The standard InChI is InChI=1S/C10H13Br2NO3S/c1-7-5-9(12)10(6-8(7)11)17(15,16)13(2)3-4-14/h5-6,14H,3-4H2,1-2H3. The summed E-state index contributed by atoms with van der Waals surface area (Å²) in [6.45, 7) is 1.74. The monoisotopic (exact) mass is 385 g/mol. The van der Waals surface area contributed by atoms with Crippen LogP contribution in [0.3, 0.4) is 0 Å². The van der Waals surface area contributed by atoms with Crippen LogP contribution in [0, 0.1) is 6.92 Å². The van der Waals surface area contributed by atoms with Crippen molar-refractivity contribution in [3.05, 3.63) is 26.6 Å². The zero-order valence-electron chi connectivity index (χ0n) is 9.44. The Hall–Kier alpha value is 0.0500. The maximum Gasteiger partial charge on any atom is 0.244 e. The molecule has 0 bridgehead atoms. The summed E-state index contributed by atoms with van der Waals surface area (Å²) in [5.74, 6) is 0. The molecule has 7 heteroatoms. The van der Waals surface area contributed by atoms with Gasteiger partial charge in [-0.05, 0) is 40.5 Å². The molecule has 0 fully saturated rings. The predicted octanol–water partition coefficient (Wildman–Crippen LogP) is 2.13. The molecule has 0 aliphatic rings. The van der Waals surface area contributed by atoms with E-state index in [0.29, 0.717) is 4.47 Å². The van der Waals surface area contributed by atoms with Crippen molar-refractivity contribution in [3.63, 3.8) is 0 Å². The largest absolute Gasteiger partial charge is 0.395 e. The van der Waals surface area contributed by atoms with Crippen molar-refractivity contribution in [2.75, 3.05) is 20.2 Å². The van der Waals surface area contributed by atoms with E-state index in [-0.39, 0.29) is 18.0 Å². The molecule has 17 heavy (non-hydrogen) atoms. The fourth-order valence-corrected chi connectivity index (χ4v) is 4.05. The molecule has 0 saturated carbocycles. The third-order valence-electron chi connectivity index (χ3n) is 2.32. The van der Waals surface area contributed by atoms with Crippen LogP contribution < -0.4 is 0 Å². The Morgan fingerprint density at radius 2 is 1.88 bits per heavy atom. The molecular weight excluding hydrogens is 374 g/mol. The first kappa shape index (κ1) is 15.1. The molecule has 0 unspecified atom stereocenters. The van der Waals surface area contributed by atoms with Crippen molar-refractivity contribution in [1.29, 1.82) is 0 Å². The van der Waals surface area contributed by atoms with Gasteiger partial charge in [-0.25, -0.2) is 8.42 Å². The summed E-state index contributed by atoms with van der Waals surface area (Å²) < 4.78 is 26.7. The summed E-state index contributed by atoms with van der Waals surface area (Å²) in [6.07, 6.45) is 0. The number of hydrogen-bond donors (Lipinski definition) is 1. The van der Waals surface area contributed by atoms with Crippen LogP contribution in [0.5, 0.6) is 0 Å². The summed E-state index contributed by atoms with van der Waals surface area (Å²) in [5.41, 5.74) is 0.945. The first-order valence-electron chi connectivity index (χ1n) is 4.83. The van der Waals surface area contributed by atoms with Crippen LogP contribution in [0.25, 0.3) is 0 Å². The van der Waals surface area contributed by atoms with Gasteiger partial charge in [0.1, 0.15) is 0 Å². The van der Waals surface area contributed by atoms with Crippen LogP contribution in [0.15, 0.2) is 26.0 Å². The third kappa shape index (κ3) is 3.29. The molecular formula is C10H13Br2NO3S. The number of hydrogen-bond acceptors (Lipinski definition) is 3. The predicted molar refractivity (Wildman–Crippen MR) is 73.5 cm³/mol. The van der Waals surface area contributed by atoms with Crippen molar-refractivity contribution in [2.24, 2.45) is 0 Å². The second-order valence-electron chi connectivity index (χ2n) is 3.58. The first-order chi connectivity index (χ1) is 7.80. The lowest BCUT2D eigenvalue weighted by molar-refractivity contribution is 0.266. The van der Waals surface area contributed by atoms with E-state index in [1.165, 1.54) is 7.05 Å². The first-order valence-corrected chi connectivity index (χ1v) is 7.86. The van der Waals surface area contributed by atoms with Gasteiger partial charge >= 0.3 is 0 Å². The number of benzene rings is 1. The normalized spacial score (nSPS) is 12.1. The lowest BCUT2D eigenvalue weighted by Crippen LogP contribution is -2.29. The number of aliphatic hydroxyl groups is 1. The highest BCUT2D eigenvalue weighted by Crippen LogP contribution is 2.30. The summed E-state index contributed by atoms with van der Waals surface area (Å²) in [4.78, 5) is 0.186. The summed E-state index contributed by atoms with van der Waals surface area (Å²) >= 11 is 6.55. The van der Waals surface area contributed by atoms with Crippen molar-refractivity contribution in [3.8, 4) is 0 Å². The number of aryl methyl sites for hydroxylation is 1. The third-order valence-corrected chi connectivity index (χ3v) is 5.99. The molecule has 96 valence electrons. The second-order valence-corrected chi connectivity index (χ2v) is 7.30. The molecule has 0 amide bonds. The maximum absolute atomic E-state index is 12.2. The molecule has 0 spiro atoms. The molecule has 0 aromatic heterocycles. The average Bonchev–Trinajstić information content (AvgIpc) is 2.23. The van der Waals surface area contributed by atoms with Crippen molar-refractivity contribution < 1.29 is 13.5 Å². The minimum atomic E-state index is -3.57. The van der Waals surface area contributed by atoms with Crippen LogP contribution in [-0.2, 0) is 10.0 Å². The maximum atomic E-state index is 12.2. The van der Waals surface area contributed by atoms with Crippen molar-refractivity contribution in [1.82, 2.24) is 4.31 Å². The summed E-state index contributed by atoms with van der Waals surface area (Å²) in [7, 11) is -2.14. The molecule has 1 aromatic rings. The lowest BCUT2D eigenvalue weighted by Gasteiger charge is -2.17. The van der Waals surface area contributed by atoms with Gasteiger partial charge in [-0.15, -0.1) is 0 Å². The quantitative estimate of drug-likeness (QED) is 0.862. The number of aliphatic hydroxyl groups excluding tert-OH is 1. The van der Waals surface area contributed by atoms with Crippen LogP contribution in [-0.4, -0.2) is 38.0 Å². The Balaban J connectivity index is 3.29. The Labute approximate surface area is 118 Å². The number of nitrogens with zero attached hydrogens (tertiary/aromatic N) is 1. The van der Waals surface area contributed by atoms with E-state index in [4.69, 9.17) is 5.11 Å². The van der Waals surface area contributed by atoms with Crippen LogP contribution in [0.1, 0.15) is 5.56 Å². The van der Waals surface area contributed by atoms with E-state index in [2.05, 4.69) is 31.9 Å². The van der Waals surface area contributed by atoms with Gasteiger partial charge in [0.2, 0.25) is 10.0 Å². The SMILES string of the molecule is Cc1cc(Br)c(S(=O)(=O)N(C)CCO)cc1Br.